The predicted molar refractivity (Wildman–Crippen MR) is 111 cm³/mol. The van der Waals surface area contributed by atoms with Crippen molar-refractivity contribution in [3.05, 3.63) is 56.7 Å². The van der Waals surface area contributed by atoms with E-state index >= 15 is 0 Å². The Morgan fingerprint density at radius 2 is 1.86 bits per heavy atom. The molecule has 3 N–H and O–H groups in total. The molecule has 28 heavy (non-hydrogen) atoms. The number of aliphatic hydroxyl groups is 2. The molecule has 0 bridgehead atoms. The van der Waals surface area contributed by atoms with Crippen LogP contribution in [0.2, 0.25) is 0 Å². The maximum absolute atomic E-state index is 14.8. The molecule has 0 radical (unpaired) electrons. The van der Waals surface area contributed by atoms with E-state index in [0.29, 0.717) is 18.7 Å². The van der Waals surface area contributed by atoms with Crippen molar-refractivity contribution in [2.45, 2.75) is 37.9 Å². The third-order valence-electron chi connectivity index (χ3n) is 5.67. The van der Waals surface area contributed by atoms with Gasteiger partial charge in [0.05, 0.1) is 11.8 Å². The summed E-state index contributed by atoms with van der Waals surface area (Å²) >= 11 is 2.20. The van der Waals surface area contributed by atoms with Crippen LogP contribution < -0.4 is 10.1 Å². The minimum absolute atomic E-state index is 0.125. The largest absolute Gasteiger partial charge is 0.488 e. The van der Waals surface area contributed by atoms with Gasteiger partial charge >= 0.3 is 0 Å². The molecule has 0 amide bonds. The fraction of sp³-hybridized carbons (Fsp3) is 0.429. The van der Waals surface area contributed by atoms with Gasteiger partial charge in [-0.3, -0.25) is 0 Å². The number of hydrogen-bond acceptors (Lipinski definition) is 4. The molecule has 2 aliphatic rings. The summed E-state index contributed by atoms with van der Waals surface area (Å²) in [7, 11) is 0. The van der Waals surface area contributed by atoms with Crippen LogP contribution in [-0.4, -0.2) is 35.6 Å². The maximum atomic E-state index is 14.8. The lowest BCUT2D eigenvalue weighted by molar-refractivity contribution is -0.0212. The van der Waals surface area contributed by atoms with Gasteiger partial charge in [0.1, 0.15) is 18.5 Å². The summed E-state index contributed by atoms with van der Waals surface area (Å²) < 4.78 is 35.7. The van der Waals surface area contributed by atoms with Crippen molar-refractivity contribution in [2.24, 2.45) is 5.41 Å². The van der Waals surface area contributed by atoms with Gasteiger partial charge in [0.2, 0.25) is 0 Å². The summed E-state index contributed by atoms with van der Waals surface area (Å²) in [5.41, 5.74) is 1.37. The minimum atomic E-state index is -1.07. The quantitative estimate of drug-likeness (QED) is 0.548. The molecule has 0 saturated heterocycles. The van der Waals surface area contributed by atoms with Gasteiger partial charge in [0.15, 0.2) is 11.6 Å². The second-order valence-electron chi connectivity index (χ2n) is 7.83. The summed E-state index contributed by atoms with van der Waals surface area (Å²) in [6.07, 6.45) is 0.554. The van der Waals surface area contributed by atoms with Crippen LogP contribution in [0.4, 0.5) is 14.5 Å². The number of hydrogen-bond donors (Lipinski definition) is 3. The molecular formula is C21H22F2INO3. The van der Waals surface area contributed by atoms with Crippen molar-refractivity contribution < 1.29 is 23.7 Å². The van der Waals surface area contributed by atoms with E-state index in [9.17, 15) is 19.0 Å². The third-order valence-corrected chi connectivity index (χ3v) is 6.39. The molecule has 1 saturated carbocycles. The first-order valence-corrected chi connectivity index (χ1v) is 10.4. The van der Waals surface area contributed by atoms with E-state index in [1.807, 2.05) is 24.3 Å². The smallest absolute Gasteiger partial charge is 0.164 e. The number of ether oxygens (including phenoxy) is 1. The molecule has 2 unspecified atom stereocenters. The molecule has 2 aromatic rings. The molecule has 0 aromatic heterocycles. The normalized spacial score (nSPS) is 23.5. The van der Waals surface area contributed by atoms with Crippen molar-refractivity contribution >= 4 is 28.3 Å². The molecule has 1 aliphatic carbocycles. The van der Waals surface area contributed by atoms with Gasteiger partial charge < -0.3 is 20.3 Å². The Bertz CT molecular complexity index is 871. The Labute approximate surface area is 176 Å². The summed E-state index contributed by atoms with van der Waals surface area (Å²) in [5, 5.41) is 23.6. The lowest BCUT2D eigenvalue weighted by Crippen LogP contribution is -2.36. The van der Waals surface area contributed by atoms with Crippen molar-refractivity contribution in [2.75, 3.05) is 18.5 Å². The second-order valence-corrected chi connectivity index (χ2v) is 9.08. The third kappa shape index (κ3) is 4.11. The summed E-state index contributed by atoms with van der Waals surface area (Å²) in [6, 6.07) is 8.64. The molecule has 1 heterocycles. The highest BCUT2D eigenvalue weighted by Crippen LogP contribution is 2.51. The summed E-state index contributed by atoms with van der Waals surface area (Å²) in [6.45, 7) is 0.331. The average Bonchev–Trinajstić information content (AvgIpc) is 3.43. The highest BCUT2D eigenvalue weighted by molar-refractivity contribution is 14.1. The molecule has 7 heteroatoms. The van der Waals surface area contributed by atoms with Gasteiger partial charge in [-0.1, -0.05) is 12.1 Å². The first kappa shape index (κ1) is 19.8. The van der Waals surface area contributed by atoms with E-state index in [-0.39, 0.29) is 29.8 Å². The van der Waals surface area contributed by atoms with Gasteiger partial charge in [-0.15, -0.1) is 0 Å². The number of halogens is 3. The van der Waals surface area contributed by atoms with Crippen LogP contribution in [-0.2, 0) is 6.42 Å². The Hall–Kier alpha value is -1.45. The van der Waals surface area contributed by atoms with Crippen LogP contribution in [0, 0.1) is 20.6 Å². The molecule has 4 nitrogen and oxygen atoms in total. The summed E-state index contributed by atoms with van der Waals surface area (Å²) in [5.74, 6) is -1.73. The second kappa shape index (κ2) is 7.76. The van der Waals surface area contributed by atoms with Crippen molar-refractivity contribution in [1.82, 2.24) is 0 Å². The Balaban J connectivity index is 1.73. The lowest BCUT2D eigenvalue weighted by Gasteiger charge is -2.28. The van der Waals surface area contributed by atoms with Crippen molar-refractivity contribution in [3.8, 4) is 5.75 Å². The van der Waals surface area contributed by atoms with Crippen LogP contribution in [0.1, 0.15) is 30.4 Å². The first-order valence-electron chi connectivity index (χ1n) is 9.35. The van der Waals surface area contributed by atoms with Gasteiger partial charge in [0, 0.05) is 28.2 Å². The zero-order chi connectivity index (χ0) is 19.9. The van der Waals surface area contributed by atoms with Crippen LogP contribution in [0.15, 0.2) is 30.3 Å². The van der Waals surface area contributed by atoms with E-state index in [0.717, 1.165) is 28.0 Å². The first-order chi connectivity index (χ1) is 13.4. The Morgan fingerprint density at radius 1 is 1.14 bits per heavy atom. The van der Waals surface area contributed by atoms with Gasteiger partial charge in [-0.2, -0.15) is 0 Å². The van der Waals surface area contributed by atoms with Crippen LogP contribution in [0.5, 0.6) is 5.75 Å². The standard InChI is InChI=1S/C21H22F2INO3/c22-15-8-18-20(14(19(15)23)7-12-1-3-13(24)4-2-12)25-11-21(5-6-21)9-16(26)17(27)10-28-18/h1-4,8,16-17,25-27H,5-7,9-11H2. The fourth-order valence-electron chi connectivity index (χ4n) is 3.70. The number of anilines is 1. The highest BCUT2D eigenvalue weighted by Gasteiger charge is 2.45. The highest BCUT2D eigenvalue weighted by atomic mass is 127. The molecule has 1 spiro atoms. The molecule has 150 valence electrons. The zero-order valence-electron chi connectivity index (χ0n) is 15.2. The zero-order valence-corrected chi connectivity index (χ0v) is 17.4. The van der Waals surface area contributed by atoms with Gasteiger partial charge in [-0.25, -0.2) is 8.78 Å². The minimum Gasteiger partial charge on any atom is -0.488 e. The molecule has 1 aliphatic heterocycles. The Morgan fingerprint density at radius 3 is 2.54 bits per heavy atom. The van der Waals surface area contributed by atoms with E-state index in [4.69, 9.17) is 4.74 Å². The number of fused-ring (bicyclic) bond motifs is 1. The van der Waals surface area contributed by atoms with E-state index < -0.39 is 23.8 Å². The monoisotopic (exact) mass is 501 g/mol. The number of benzene rings is 2. The van der Waals surface area contributed by atoms with Gasteiger partial charge in [0.25, 0.3) is 0 Å². The lowest BCUT2D eigenvalue weighted by atomic mass is 9.94. The SMILES string of the molecule is OC1COc2cc(F)c(F)c(Cc3ccc(I)cc3)c2NCC2(CC2)CC1O. The summed E-state index contributed by atoms with van der Waals surface area (Å²) in [4.78, 5) is 0. The average molecular weight is 501 g/mol. The van der Waals surface area contributed by atoms with Gasteiger partial charge in [-0.05, 0) is 65.0 Å². The van der Waals surface area contributed by atoms with Crippen molar-refractivity contribution in [3.63, 3.8) is 0 Å². The number of rotatable bonds is 2. The molecule has 1 fully saturated rings. The van der Waals surface area contributed by atoms with E-state index in [1.54, 1.807) is 0 Å². The van der Waals surface area contributed by atoms with E-state index in [2.05, 4.69) is 27.9 Å². The molecule has 2 aromatic carbocycles. The van der Waals surface area contributed by atoms with Crippen LogP contribution in [0.25, 0.3) is 0 Å². The number of nitrogens with one attached hydrogen (secondary N) is 1. The molecule has 2 atom stereocenters. The Kier molecular flexibility index (Phi) is 5.50. The number of aliphatic hydroxyl groups excluding tert-OH is 2. The molecular weight excluding hydrogens is 479 g/mol. The van der Waals surface area contributed by atoms with E-state index in [1.165, 1.54) is 0 Å². The molecule has 4 rings (SSSR count). The van der Waals surface area contributed by atoms with Crippen molar-refractivity contribution in [1.29, 1.82) is 0 Å². The predicted octanol–water partition coefficient (Wildman–Crippen LogP) is 3.86. The van der Waals surface area contributed by atoms with Crippen LogP contribution >= 0.6 is 22.6 Å². The topological polar surface area (TPSA) is 61.7 Å². The fourth-order valence-corrected chi connectivity index (χ4v) is 4.06. The van der Waals surface area contributed by atoms with Crippen LogP contribution in [0.3, 0.4) is 0 Å². The maximum Gasteiger partial charge on any atom is 0.164 e.